The minimum absolute atomic E-state index is 0. The zero-order chi connectivity index (χ0) is 11.4. The molecule has 0 aromatic carbocycles. The summed E-state index contributed by atoms with van der Waals surface area (Å²) in [5, 5.41) is 0.665. The Morgan fingerprint density at radius 1 is 1.38 bits per heavy atom. The molecule has 0 saturated carbocycles. The van der Waals surface area contributed by atoms with Gasteiger partial charge >= 0.3 is 0 Å². The Morgan fingerprint density at radius 2 is 2.00 bits per heavy atom. The molecule has 2 N–H and O–H groups in total. The average Bonchev–Trinajstić information content (AvgIpc) is 2.49. The average molecular weight is 264 g/mol. The van der Waals surface area contributed by atoms with E-state index in [4.69, 9.17) is 5.73 Å². The van der Waals surface area contributed by atoms with Gasteiger partial charge in [0.2, 0.25) is 0 Å². The van der Waals surface area contributed by atoms with Crippen LogP contribution in [0.5, 0.6) is 0 Å². The first-order valence-corrected chi connectivity index (χ1v) is 6.25. The summed E-state index contributed by atoms with van der Waals surface area (Å²) in [5.74, 6) is 0.692. The first-order chi connectivity index (χ1) is 6.99. The smallest absolute Gasteiger partial charge is 0.180 e. The van der Waals surface area contributed by atoms with Gasteiger partial charge < -0.3 is 5.73 Å². The first kappa shape index (κ1) is 15.7. The molecule has 0 atom stereocenters. The molecule has 0 amide bonds. The highest BCUT2D eigenvalue weighted by Crippen LogP contribution is 2.18. The summed E-state index contributed by atoms with van der Waals surface area (Å²) in [4.78, 5) is 7.79. The van der Waals surface area contributed by atoms with E-state index >= 15 is 0 Å². The van der Waals surface area contributed by atoms with Crippen molar-refractivity contribution in [3.05, 3.63) is 11.1 Å². The minimum atomic E-state index is 0. The number of anilines is 1. The topological polar surface area (TPSA) is 42.2 Å². The van der Waals surface area contributed by atoms with Crippen molar-refractivity contribution in [2.24, 2.45) is 5.92 Å². The maximum absolute atomic E-state index is 5.62. The molecule has 1 heterocycles. The van der Waals surface area contributed by atoms with Gasteiger partial charge in [0.15, 0.2) is 5.13 Å². The van der Waals surface area contributed by atoms with Crippen LogP contribution < -0.4 is 5.73 Å². The van der Waals surface area contributed by atoms with Crippen LogP contribution in [-0.4, -0.2) is 22.5 Å². The molecule has 0 aliphatic rings. The monoisotopic (exact) mass is 263 g/mol. The molecule has 0 aliphatic heterocycles. The molecule has 16 heavy (non-hydrogen) atoms. The Hall–Kier alpha value is -0.320. The Kier molecular flexibility index (Phi) is 6.95. The van der Waals surface area contributed by atoms with Crippen molar-refractivity contribution < 1.29 is 0 Å². The van der Waals surface area contributed by atoms with Crippen molar-refractivity contribution in [2.75, 3.05) is 12.3 Å². The number of rotatable bonds is 5. The number of nitrogen functional groups attached to an aromatic ring is 1. The van der Waals surface area contributed by atoms with Crippen LogP contribution in [0.3, 0.4) is 0 Å². The summed E-state index contributed by atoms with van der Waals surface area (Å²) in [5.41, 5.74) is 5.62. The lowest BCUT2D eigenvalue weighted by Gasteiger charge is -2.27. The maximum atomic E-state index is 5.62. The lowest BCUT2D eigenvalue weighted by molar-refractivity contribution is 0.191. The predicted octanol–water partition coefficient (Wildman–Crippen LogP) is 3.01. The van der Waals surface area contributed by atoms with E-state index in [0.717, 1.165) is 13.1 Å². The van der Waals surface area contributed by atoms with Gasteiger partial charge in [0, 0.05) is 30.2 Å². The second-order valence-electron chi connectivity index (χ2n) is 4.58. The van der Waals surface area contributed by atoms with Gasteiger partial charge in [0.05, 0.1) is 0 Å². The van der Waals surface area contributed by atoms with Crippen molar-refractivity contribution in [1.82, 2.24) is 9.88 Å². The van der Waals surface area contributed by atoms with Crippen LogP contribution in [0.1, 0.15) is 32.6 Å². The van der Waals surface area contributed by atoms with Gasteiger partial charge in [-0.1, -0.05) is 13.8 Å². The molecule has 1 aromatic rings. The normalized spacial score (nSPS) is 11.2. The summed E-state index contributed by atoms with van der Waals surface area (Å²) < 4.78 is 0. The molecular weight excluding hydrogens is 242 g/mol. The lowest BCUT2D eigenvalue weighted by atomic mass is 10.2. The number of halogens is 1. The highest BCUT2D eigenvalue weighted by Gasteiger charge is 2.12. The summed E-state index contributed by atoms with van der Waals surface area (Å²) >= 11 is 1.59. The second kappa shape index (κ2) is 7.09. The van der Waals surface area contributed by atoms with E-state index in [1.807, 2.05) is 6.20 Å². The number of nitrogens with zero attached hydrogens (tertiary/aromatic N) is 2. The number of thiazole rings is 1. The van der Waals surface area contributed by atoms with Gasteiger partial charge in [0.25, 0.3) is 0 Å². The lowest BCUT2D eigenvalue weighted by Crippen LogP contribution is -2.33. The maximum Gasteiger partial charge on any atom is 0.180 e. The van der Waals surface area contributed by atoms with Gasteiger partial charge in [0.1, 0.15) is 0 Å². The summed E-state index contributed by atoms with van der Waals surface area (Å²) in [7, 11) is 0. The molecule has 3 nitrogen and oxygen atoms in total. The summed E-state index contributed by atoms with van der Waals surface area (Å²) in [6.45, 7) is 11.0. The highest BCUT2D eigenvalue weighted by atomic mass is 35.5. The molecule has 0 bridgehead atoms. The Balaban J connectivity index is 0.00000225. The fraction of sp³-hybridized carbons (Fsp3) is 0.727. The van der Waals surface area contributed by atoms with Crippen LogP contribution in [0, 0.1) is 5.92 Å². The molecule has 0 radical (unpaired) electrons. The number of nitrogens with two attached hydrogens (primary N) is 1. The van der Waals surface area contributed by atoms with E-state index in [9.17, 15) is 0 Å². The van der Waals surface area contributed by atoms with Crippen LogP contribution in [-0.2, 0) is 6.54 Å². The molecule has 0 aliphatic carbocycles. The van der Waals surface area contributed by atoms with Crippen molar-refractivity contribution in [1.29, 1.82) is 0 Å². The van der Waals surface area contributed by atoms with Gasteiger partial charge in [-0.25, -0.2) is 4.98 Å². The standard InChI is InChI=1S/C11H21N3S.ClH/c1-8(2)6-14(9(3)4)7-10-5-13-11(12)15-10;/h5,8-9H,6-7H2,1-4H3,(H2,12,13);1H. The van der Waals surface area contributed by atoms with Crippen molar-refractivity contribution >= 4 is 28.9 Å². The molecule has 0 fully saturated rings. The van der Waals surface area contributed by atoms with Crippen LogP contribution in [0.15, 0.2) is 6.20 Å². The number of hydrogen-bond acceptors (Lipinski definition) is 4. The molecule has 0 unspecified atom stereocenters. The van der Waals surface area contributed by atoms with Gasteiger partial charge in [-0.2, -0.15) is 0 Å². The molecule has 1 aromatic heterocycles. The quantitative estimate of drug-likeness (QED) is 0.888. The SMILES string of the molecule is CC(C)CN(Cc1cnc(N)s1)C(C)C.Cl. The van der Waals surface area contributed by atoms with Crippen LogP contribution in [0.25, 0.3) is 0 Å². The largest absolute Gasteiger partial charge is 0.375 e. The van der Waals surface area contributed by atoms with E-state index in [0.29, 0.717) is 17.1 Å². The van der Waals surface area contributed by atoms with E-state index in [2.05, 4.69) is 37.6 Å². The fourth-order valence-electron chi connectivity index (χ4n) is 1.52. The Bertz CT molecular complexity index is 299. The molecule has 0 spiro atoms. The molecule has 1 rings (SSSR count). The van der Waals surface area contributed by atoms with Crippen molar-refractivity contribution in [3.8, 4) is 0 Å². The zero-order valence-electron chi connectivity index (χ0n) is 10.4. The first-order valence-electron chi connectivity index (χ1n) is 5.43. The van der Waals surface area contributed by atoms with Crippen LogP contribution in [0.4, 0.5) is 5.13 Å². The molecular formula is C11H22ClN3S. The molecule has 5 heteroatoms. The van der Waals surface area contributed by atoms with Gasteiger partial charge in [-0.3, -0.25) is 4.90 Å². The van der Waals surface area contributed by atoms with E-state index in [1.165, 1.54) is 4.88 Å². The van der Waals surface area contributed by atoms with Crippen LogP contribution >= 0.6 is 23.7 Å². The molecule has 0 saturated heterocycles. The molecule has 94 valence electrons. The van der Waals surface area contributed by atoms with Crippen LogP contribution in [0.2, 0.25) is 0 Å². The predicted molar refractivity (Wildman–Crippen MR) is 74.2 cm³/mol. The van der Waals surface area contributed by atoms with E-state index in [-0.39, 0.29) is 12.4 Å². The third-order valence-corrected chi connectivity index (χ3v) is 3.07. The second-order valence-corrected chi connectivity index (χ2v) is 5.73. The van der Waals surface area contributed by atoms with Crippen molar-refractivity contribution in [2.45, 2.75) is 40.3 Å². The number of hydrogen-bond donors (Lipinski definition) is 1. The fourth-order valence-corrected chi connectivity index (χ4v) is 2.23. The third kappa shape index (κ3) is 5.14. The van der Waals surface area contributed by atoms with E-state index < -0.39 is 0 Å². The minimum Gasteiger partial charge on any atom is -0.375 e. The van der Waals surface area contributed by atoms with Gasteiger partial charge in [-0.15, -0.1) is 23.7 Å². The number of aromatic nitrogens is 1. The van der Waals surface area contributed by atoms with Gasteiger partial charge in [-0.05, 0) is 19.8 Å². The zero-order valence-corrected chi connectivity index (χ0v) is 12.1. The highest BCUT2D eigenvalue weighted by molar-refractivity contribution is 7.15. The van der Waals surface area contributed by atoms with E-state index in [1.54, 1.807) is 11.3 Å². The summed E-state index contributed by atoms with van der Waals surface area (Å²) in [6, 6.07) is 0.565. The third-order valence-electron chi connectivity index (χ3n) is 2.26. The Labute approximate surface area is 108 Å². The Morgan fingerprint density at radius 3 is 2.38 bits per heavy atom. The van der Waals surface area contributed by atoms with Crippen molar-refractivity contribution in [3.63, 3.8) is 0 Å². The summed E-state index contributed by atoms with van der Waals surface area (Å²) in [6.07, 6.45) is 1.88.